The van der Waals surface area contributed by atoms with E-state index < -0.39 is 0 Å². The van der Waals surface area contributed by atoms with Gasteiger partial charge in [0.25, 0.3) is 0 Å². The number of nitrogens with zero attached hydrogens (tertiary/aromatic N) is 1. The van der Waals surface area contributed by atoms with Crippen molar-refractivity contribution < 1.29 is 4.84 Å². The van der Waals surface area contributed by atoms with E-state index in [1.54, 1.807) is 0 Å². The van der Waals surface area contributed by atoms with Gasteiger partial charge in [-0.2, -0.15) is 0 Å². The number of rotatable bonds is 6. The third-order valence-electron chi connectivity index (χ3n) is 1.57. The summed E-state index contributed by atoms with van der Waals surface area (Å²) in [7, 11) is 0. The summed E-state index contributed by atoms with van der Waals surface area (Å²) in [4.78, 5) is 5.08. The molecular weight excluding hydrogens is 138 g/mol. The third-order valence-corrected chi connectivity index (χ3v) is 1.57. The van der Waals surface area contributed by atoms with E-state index in [0.717, 1.165) is 25.2 Å². The minimum atomic E-state index is 0.769. The topological polar surface area (TPSA) is 21.6 Å². The van der Waals surface area contributed by atoms with Gasteiger partial charge in [0.2, 0.25) is 0 Å². The Bertz CT molecular complexity index is 110. The molecule has 0 spiro atoms. The van der Waals surface area contributed by atoms with Crippen molar-refractivity contribution in [2.24, 2.45) is 5.16 Å². The predicted octanol–water partition coefficient (Wildman–Crippen LogP) is 2.98. The molecule has 0 rings (SSSR count). The summed E-state index contributed by atoms with van der Waals surface area (Å²) in [6.07, 6.45) is 4.57. The quantitative estimate of drug-likeness (QED) is 0.330. The first-order valence-electron chi connectivity index (χ1n) is 4.46. The zero-order valence-electron chi connectivity index (χ0n) is 7.89. The fourth-order valence-electron chi connectivity index (χ4n) is 0.637. The lowest BCUT2D eigenvalue weighted by molar-refractivity contribution is 0.139. The highest BCUT2D eigenvalue weighted by Crippen LogP contribution is 1.95. The average molecular weight is 157 g/mol. The molecule has 0 N–H and O–H groups in total. The predicted molar refractivity (Wildman–Crippen MR) is 48.9 cm³/mol. The van der Waals surface area contributed by atoms with Gasteiger partial charge in [0.15, 0.2) is 0 Å². The van der Waals surface area contributed by atoms with Crippen molar-refractivity contribution in [3.05, 3.63) is 0 Å². The minimum Gasteiger partial charge on any atom is -0.396 e. The first-order chi connectivity index (χ1) is 5.31. The van der Waals surface area contributed by atoms with Crippen LogP contribution >= 0.6 is 0 Å². The fraction of sp³-hybridized carbons (Fsp3) is 0.889. The van der Waals surface area contributed by atoms with Crippen LogP contribution in [0.5, 0.6) is 0 Å². The van der Waals surface area contributed by atoms with Crippen LogP contribution in [0.3, 0.4) is 0 Å². The van der Waals surface area contributed by atoms with Crippen molar-refractivity contribution in [2.45, 2.75) is 46.5 Å². The summed E-state index contributed by atoms with van der Waals surface area (Å²) in [5.41, 5.74) is 1.07. The van der Waals surface area contributed by atoms with Crippen LogP contribution in [0.15, 0.2) is 5.16 Å². The van der Waals surface area contributed by atoms with E-state index in [1.807, 2.05) is 6.92 Å². The SMILES string of the molecule is CCCCCO/N=C(/C)CC. The molecule has 0 unspecified atom stereocenters. The van der Waals surface area contributed by atoms with E-state index in [9.17, 15) is 0 Å². The van der Waals surface area contributed by atoms with E-state index in [-0.39, 0.29) is 0 Å². The van der Waals surface area contributed by atoms with Crippen LogP contribution in [0, 0.1) is 0 Å². The Hall–Kier alpha value is -0.530. The van der Waals surface area contributed by atoms with Crippen LogP contribution in [0.1, 0.15) is 46.5 Å². The van der Waals surface area contributed by atoms with Crippen LogP contribution in [0.4, 0.5) is 0 Å². The lowest BCUT2D eigenvalue weighted by atomic mass is 10.3. The van der Waals surface area contributed by atoms with E-state index in [4.69, 9.17) is 4.84 Å². The molecule has 0 saturated heterocycles. The van der Waals surface area contributed by atoms with Crippen molar-refractivity contribution in [3.63, 3.8) is 0 Å². The summed E-state index contributed by atoms with van der Waals surface area (Å²) in [6, 6.07) is 0. The highest BCUT2D eigenvalue weighted by Gasteiger charge is 1.87. The van der Waals surface area contributed by atoms with E-state index in [1.165, 1.54) is 12.8 Å². The maximum absolute atomic E-state index is 5.08. The molecule has 66 valence electrons. The minimum absolute atomic E-state index is 0.769. The van der Waals surface area contributed by atoms with Crippen LogP contribution in [0.2, 0.25) is 0 Å². The fourth-order valence-corrected chi connectivity index (χ4v) is 0.637. The molecule has 0 atom stereocenters. The van der Waals surface area contributed by atoms with Gasteiger partial charge in [0, 0.05) is 0 Å². The molecule has 0 aromatic rings. The molecule has 0 amide bonds. The molecule has 0 bridgehead atoms. The van der Waals surface area contributed by atoms with Crippen LogP contribution in [0.25, 0.3) is 0 Å². The van der Waals surface area contributed by atoms with Gasteiger partial charge in [-0.3, -0.25) is 0 Å². The van der Waals surface area contributed by atoms with E-state index in [2.05, 4.69) is 19.0 Å². The van der Waals surface area contributed by atoms with E-state index in [0.29, 0.717) is 0 Å². The Morgan fingerprint density at radius 2 is 2.00 bits per heavy atom. The Morgan fingerprint density at radius 1 is 1.27 bits per heavy atom. The summed E-state index contributed by atoms with van der Waals surface area (Å²) in [5, 5.41) is 3.93. The van der Waals surface area contributed by atoms with Crippen LogP contribution < -0.4 is 0 Å². The highest BCUT2D eigenvalue weighted by molar-refractivity contribution is 5.80. The summed E-state index contributed by atoms with van der Waals surface area (Å²) >= 11 is 0. The van der Waals surface area contributed by atoms with Gasteiger partial charge in [-0.05, 0) is 19.8 Å². The number of hydrogen-bond acceptors (Lipinski definition) is 2. The standard InChI is InChI=1S/C9H19NO/c1-4-6-7-8-11-10-9(3)5-2/h4-8H2,1-3H3/b10-9-. The number of oxime groups is 1. The first-order valence-corrected chi connectivity index (χ1v) is 4.46. The summed E-state index contributed by atoms with van der Waals surface area (Å²) in [5.74, 6) is 0. The molecule has 0 aromatic carbocycles. The molecular formula is C9H19NO. The van der Waals surface area contributed by atoms with Gasteiger partial charge >= 0.3 is 0 Å². The molecule has 0 heterocycles. The molecule has 0 aliphatic rings. The second kappa shape index (κ2) is 7.58. The van der Waals surface area contributed by atoms with E-state index >= 15 is 0 Å². The van der Waals surface area contributed by atoms with Gasteiger partial charge in [0.1, 0.15) is 6.61 Å². The Kier molecular flexibility index (Phi) is 7.21. The van der Waals surface area contributed by atoms with Crippen LogP contribution in [-0.2, 0) is 4.84 Å². The molecule has 11 heavy (non-hydrogen) atoms. The monoisotopic (exact) mass is 157 g/mol. The molecule has 0 aromatic heterocycles. The van der Waals surface area contributed by atoms with Gasteiger partial charge in [-0.25, -0.2) is 0 Å². The zero-order chi connectivity index (χ0) is 8.53. The van der Waals surface area contributed by atoms with Crippen molar-refractivity contribution in [3.8, 4) is 0 Å². The second-order valence-corrected chi connectivity index (χ2v) is 2.72. The molecule has 0 fully saturated rings. The average Bonchev–Trinajstić information content (AvgIpc) is 2.04. The second-order valence-electron chi connectivity index (χ2n) is 2.72. The Balaban J connectivity index is 3.12. The molecule has 2 nitrogen and oxygen atoms in total. The lowest BCUT2D eigenvalue weighted by Crippen LogP contribution is -1.92. The third kappa shape index (κ3) is 7.37. The normalized spacial score (nSPS) is 11.7. The van der Waals surface area contributed by atoms with Gasteiger partial charge in [-0.15, -0.1) is 0 Å². The number of hydrogen-bond donors (Lipinski definition) is 0. The Labute approximate surface area is 69.6 Å². The molecule has 0 aliphatic carbocycles. The smallest absolute Gasteiger partial charge is 0.117 e. The number of unbranched alkanes of at least 4 members (excludes halogenated alkanes) is 2. The maximum atomic E-state index is 5.08. The van der Waals surface area contributed by atoms with Gasteiger partial charge in [-0.1, -0.05) is 31.8 Å². The summed E-state index contributed by atoms with van der Waals surface area (Å²) < 4.78 is 0. The van der Waals surface area contributed by atoms with Crippen molar-refractivity contribution >= 4 is 5.71 Å². The largest absolute Gasteiger partial charge is 0.396 e. The zero-order valence-corrected chi connectivity index (χ0v) is 7.89. The lowest BCUT2D eigenvalue weighted by Gasteiger charge is -1.98. The van der Waals surface area contributed by atoms with Gasteiger partial charge < -0.3 is 4.84 Å². The van der Waals surface area contributed by atoms with Gasteiger partial charge in [0.05, 0.1) is 5.71 Å². The van der Waals surface area contributed by atoms with Crippen molar-refractivity contribution in [1.82, 2.24) is 0 Å². The first kappa shape index (κ1) is 10.5. The molecule has 2 heteroatoms. The molecule has 0 aliphatic heterocycles. The molecule has 0 radical (unpaired) electrons. The van der Waals surface area contributed by atoms with Crippen molar-refractivity contribution in [1.29, 1.82) is 0 Å². The Morgan fingerprint density at radius 3 is 2.55 bits per heavy atom. The van der Waals surface area contributed by atoms with Crippen molar-refractivity contribution in [2.75, 3.05) is 6.61 Å². The maximum Gasteiger partial charge on any atom is 0.117 e. The summed E-state index contributed by atoms with van der Waals surface area (Å²) in [6.45, 7) is 7.01. The highest BCUT2D eigenvalue weighted by atomic mass is 16.6. The molecule has 0 saturated carbocycles. The van der Waals surface area contributed by atoms with Crippen LogP contribution in [-0.4, -0.2) is 12.3 Å².